The minimum Gasteiger partial charge on any atom is -0.423 e. The smallest absolute Gasteiger partial charge is 0.416 e. The number of fused-ring (bicyclic) bond motifs is 2. The lowest BCUT2D eigenvalue weighted by Crippen LogP contribution is -2.55. The molecule has 210 valence electrons. The number of halogens is 3. The number of alkyl halides is 3. The lowest BCUT2D eigenvalue weighted by atomic mass is 9.91. The molecule has 0 radical (unpaired) electrons. The third-order valence-corrected chi connectivity index (χ3v) is 7.92. The number of benzene rings is 2. The van der Waals surface area contributed by atoms with Gasteiger partial charge in [-0.25, -0.2) is 0 Å². The zero-order chi connectivity index (χ0) is 28.2. The van der Waals surface area contributed by atoms with Crippen molar-refractivity contribution in [3.05, 3.63) is 70.5 Å². The van der Waals surface area contributed by atoms with Crippen molar-refractivity contribution < 1.29 is 22.4 Å². The molecule has 11 heteroatoms. The molecular weight excluding hydrogens is 521 g/mol. The summed E-state index contributed by atoms with van der Waals surface area (Å²) in [5.41, 5.74) is 4.28. The van der Waals surface area contributed by atoms with E-state index >= 15 is 0 Å². The van der Waals surface area contributed by atoms with E-state index in [1.165, 1.54) is 6.07 Å². The highest BCUT2D eigenvalue weighted by Crippen LogP contribution is 2.41. The fourth-order valence-corrected chi connectivity index (χ4v) is 5.98. The number of amides is 1. The van der Waals surface area contributed by atoms with E-state index in [0.29, 0.717) is 54.4 Å². The molecule has 2 aliphatic heterocycles. The Kier molecular flexibility index (Phi) is 6.47. The SMILES string of the molecule is Cc1cc(C)n(CC(=O)N2CCN(c3ccc(C(F)(F)F)c4c3CN(c3nc5ccccc5o3)CC4)C[C@H]2C)n1. The number of rotatable bonds is 4. The molecule has 0 saturated carbocycles. The number of aryl methyl sites for hydroxylation is 2. The van der Waals surface area contributed by atoms with Crippen LogP contribution < -0.4 is 9.80 Å². The molecular formula is C29H31F3N6O2. The molecule has 1 atom stereocenters. The summed E-state index contributed by atoms with van der Waals surface area (Å²) in [6.07, 6.45) is -4.21. The van der Waals surface area contributed by atoms with Gasteiger partial charge in [0.2, 0.25) is 5.91 Å². The van der Waals surface area contributed by atoms with Crippen molar-refractivity contribution in [1.29, 1.82) is 0 Å². The van der Waals surface area contributed by atoms with Crippen molar-refractivity contribution in [2.75, 3.05) is 36.0 Å². The normalized spacial score (nSPS) is 17.9. The monoisotopic (exact) mass is 552 g/mol. The third kappa shape index (κ3) is 4.77. The second kappa shape index (κ2) is 9.87. The number of anilines is 2. The number of aromatic nitrogens is 3. The largest absolute Gasteiger partial charge is 0.423 e. The first-order valence-electron chi connectivity index (χ1n) is 13.5. The molecule has 1 amide bonds. The number of hydrogen-bond acceptors (Lipinski definition) is 6. The molecule has 2 aromatic carbocycles. The molecule has 2 aliphatic rings. The van der Waals surface area contributed by atoms with Gasteiger partial charge in [-0.2, -0.15) is 23.3 Å². The van der Waals surface area contributed by atoms with Crippen LogP contribution in [0.2, 0.25) is 0 Å². The minimum absolute atomic E-state index is 0.0186. The number of para-hydroxylation sites is 2. The van der Waals surface area contributed by atoms with Crippen LogP contribution in [0.25, 0.3) is 11.1 Å². The average Bonchev–Trinajstić information content (AvgIpc) is 3.49. The van der Waals surface area contributed by atoms with E-state index in [9.17, 15) is 18.0 Å². The topological polar surface area (TPSA) is 70.6 Å². The number of nitrogens with zero attached hydrogens (tertiary/aromatic N) is 6. The Morgan fingerprint density at radius 3 is 2.55 bits per heavy atom. The molecule has 8 nitrogen and oxygen atoms in total. The van der Waals surface area contributed by atoms with Crippen LogP contribution in [0, 0.1) is 13.8 Å². The highest BCUT2D eigenvalue weighted by molar-refractivity contribution is 5.77. The van der Waals surface area contributed by atoms with E-state index in [-0.39, 0.29) is 31.5 Å². The Morgan fingerprint density at radius 2 is 1.85 bits per heavy atom. The van der Waals surface area contributed by atoms with E-state index in [4.69, 9.17) is 4.42 Å². The van der Waals surface area contributed by atoms with E-state index in [2.05, 4.69) is 15.0 Å². The number of oxazole rings is 1. The fraction of sp³-hybridized carbons (Fsp3) is 0.414. The third-order valence-electron chi connectivity index (χ3n) is 7.92. The zero-order valence-electron chi connectivity index (χ0n) is 22.7. The van der Waals surface area contributed by atoms with Crippen LogP contribution >= 0.6 is 0 Å². The van der Waals surface area contributed by atoms with Crippen LogP contribution in [-0.2, 0) is 30.5 Å². The Bertz CT molecular complexity index is 1540. The van der Waals surface area contributed by atoms with Crippen molar-refractivity contribution in [3.8, 4) is 0 Å². The molecule has 40 heavy (non-hydrogen) atoms. The van der Waals surface area contributed by atoms with Gasteiger partial charge in [0.1, 0.15) is 12.1 Å². The molecule has 4 heterocycles. The molecule has 4 aromatic rings. The summed E-state index contributed by atoms with van der Waals surface area (Å²) in [5.74, 6) is -0.0186. The van der Waals surface area contributed by atoms with Crippen LogP contribution in [0.3, 0.4) is 0 Å². The van der Waals surface area contributed by atoms with Gasteiger partial charge in [0.15, 0.2) is 5.58 Å². The highest BCUT2D eigenvalue weighted by atomic mass is 19.4. The van der Waals surface area contributed by atoms with E-state index in [1.54, 1.807) is 10.7 Å². The van der Waals surface area contributed by atoms with E-state index in [0.717, 1.165) is 17.1 Å². The van der Waals surface area contributed by atoms with Gasteiger partial charge in [-0.05, 0) is 68.7 Å². The van der Waals surface area contributed by atoms with Crippen LogP contribution in [0.1, 0.15) is 35.0 Å². The number of carbonyl (C=O) groups is 1. The lowest BCUT2D eigenvalue weighted by molar-refractivity contribution is -0.138. The summed E-state index contributed by atoms with van der Waals surface area (Å²) in [6.45, 7) is 8.11. The maximum absolute atomic E-state index is 14.0. The molecule has 0 spiro atoms. The Balaban J connectivity index is 1.26. The van der Waals surface area contributed by atoms with Crippen molar-refractivity contribution in [2.45, 2.75) is 52.5 Å². The van der Waals surface area contributed by atoms with Gasteiger partial charge in [-0.3, -0.25) is 9.48 Å². The van der Waals surface area contributed by atoms with Gasteiger partial charge in [0, 0.05) is 50.1 Å². The van der Waals surface area contributed by atoms with Gasteiger partial charge in [0.25, 0.3) is 6.01 Å². The van der Waals surface area contributed by atoms with Gasteiger partial charge < -0.3 is 19.1 Å². The first kappa shape index (κ1) is 26.2. The van der Waals surface area contributed by atoms with Crippen molar-refractivity contribution in [2.24, 2.45) is 0 Å². The summed E-state index contributed by atoms with van der Waals surface area (Å²) < 4.78 is 49.7. The minimum atomic E-state index is -4.44. The first-order chi connectivity index (χ1) is 19.1. The van der Waals surface area contributed by atoms with E-state index in [1.807, 2.05) is 60.9 Å². The zero-order valence-corrected chi connectivity index (χ0v) is 22.7. The predicted octanol–water partition coefficient (Wildman–Crippen LogP) is 4.96. The van der Waals surface area contributed by atoms with Gasteiger partial charge in [0.05, 0.1) is 11.3 Å². The number of piperazine rings is 1. The molecule has 2 aromatic heterocycles. The molecule has 0 N–H and O–H groups in total. The molecule has 0 unspecified atom stereocenters. The van der Waals surface area contributed by atoms with Crippen molar-refractivity contribution in [3.63, 3.8) is 0 Å². The average molecular weight is 553 g/mol. The standard InChI is InChI=1S/C29H31F3N6O2/c1-18-14-19(2)38(34-18)17-27(39)37-13-12-35(15-20(37)3)25-9-8-23(29(30,31)32)21-10-11-36(16-22(21)25)28-33-24-6-4-5-7-26(24)40-28/h4-9,14,20H,10-13,15-17H2,1-3H3/t20-/m1/s1. The Labute approximate surface area is 230 Å². The summed E-state index contributed by atoms with van der Waals surface area (Å²) in [7, 11) is 0. The molecule has 6 rings (SSSR count). The van der Waals surface area contributed by atoms with Crippen molar-refractivity contribution >= 4 is 28.7 Å². The second-order valence-electron chi connectivity index (χ2n) is 10.7. The summed E-state index contributed by atoms with van der Waals surface area (Å²) in [6, 6.07) is 12.4. The molecule has 0 bridgehead atoms. The van der Waals surface area contributed by atoms with Crippen LogP contribution in [0.4, 0.5) is 24.9 Å². The van der Waals surface area contributed by atoms with Crippen LogP contribution in [0.15, 0.2) is 46.9 Å². The quantitative estimate of drug-likeness (QED) is 0.357. The summed E-state index contributed by atoms with van der Waals surface area (Å²) in [5, 5.41) is 4.40. The Hall–Kier alpha value is -4.02. The second-order valence-corrected chi connectivity index (χ2v) is 10.7. The highest BCUT2D eigenvalue weighted by Gasteiger charge is 2.38. The molecule has 1 fully saturated rings. The van der Waals surface area contributed by atoms with E-state index < -0.39 is 11.7 Å². The molecule has 0 aliphatic carbocycles. The lowest BCUT2D eigenvalue weighted by Gasteiger charge is -2.43. The number of hydrogen-bond donors (Lipinski definition) is 0. The number of carbonyl (C=O) groups excluding carboxylic acids is 1. The predicted molar refractivity (Wildman–Crippen MR) is 145 cm³/mol. The van der Waals surface area contributed by atoms with Crippen molar-refractivity contribution in [1.82, 2.24) is 19.7 Å². The van der Waals surface area contributed by atoms with Gasteiger partial charge >= 0.3 is 6.18 Å². The van der Waals surface area contributed by atoms with Crippen LogP contribution in [-0.4, -0.2) is 57.8 Å². The van der Waals surface area contributed by atoms with Gasteiger partial charge in [-0.1, -0.05) is 12.1 Å². The summed E-state index contributed by atoms with van der Waals surface area (Å²) in [4.78, 5) is 23.6. The molecule has 1 saturated heterocycles. The first-order valence-corrected chi connectivity index (χ1v) is 13.5. The Morgan fingerprint density at radius 1 is 1.05 bits per heavy atom. The van der Waals surface area contributed by atoms with Gasteiger partial charge in [-0.15, -0.1) is 0 Å². The maximum Gasteiger partial charge on any atom is 0.416 e. The summed E-state index contributed by atoms with van der Waals surface area (Å²) >= 11 is 0. The van der Waals surface area contributed by atoms with Crippen LogP contribution in [0.5, 0.6) is 0 Å². The maximum atomic E-state index is 14.0. The fourth-order valence-electron chi connectivity index (χ4n) is 5.98.